The van der Waals surface area contributed by atoms with Gasteiger partial charge in [0.25, 0.3) is 10.0 Å². The minimum atomic E-state index is -4.15. The first-order valence-corrected chi connectivity index (χ1v) is 15.9. The van der Waals surface area contributed by atoms with Crippen LogP contribution in [0.15, 0.2) is 82.2 Å². The van der Waals surface area contributed by atoms with Gasteiger partial charge in [0.1, 0.15) is 18.3 Å². The summed E-state index contributed by atoms with van der Waals surface area (Å²) in [4.78, 5) is 28.6. The molecule has 2 amide bonds. The summed E-state index contributed by atoms with van der Waals surface area (Å²) in [6, 6.07) is 19.6. The first-order chi connectivity index (χ1) is 19.5. The van der Waals surface area contributed by atoms with Crippen LogP contribution in [-0.2, 0) is 26.2 Å². The number of anilines is 1. The molecular formula is C31H38BrN3O5S. The summed E-state index contributed by atoms with van der Waals surface area (Å²) < 4.78 is 35.4. The molecule has 0 radical (unpaired) electrons. The van der Waals surface area contributed by atoms with Gasteiger partial charge in [0, 0.05) is 17.1 Å². The number of hydrogen-bond acceptors (Lipinski definition) is 5. The zero-order valence-corrected chi connectivity index (χ0v) is 26.5. The Kier molecular flexibility index (Phi) is 11.4. The average Bonchev–Trinajstić information content (AvgIpc) is 2.96. The maximum absolute atomic E-state index is 14.0. The van der Waals surface area contributed by atoms with Gasteiger partial charge in [0.05, 0.1) is 17.2 Å². The van der Waals surface area contributed by atoms with Crippen molar-refractivity contribution in [1.29, 1.82) is 0 Å². The molecule has 1 N–H and O–H groups in total. The third-order valence-corrected chi connectivity index (χ3v) is 9.07. The van der Waals surface area contributed by atoms with Crippen LogP contribution in [0.4, 0.5) is 5.69 Å². The Labute approximate surface area is 251 Å². The molecule has 3 aromatic carbocycles. The summed E-state index contributed by atoms with van der Waals surface area (Å²) >= 11 is 3.42. The maximum atomic E-state index is 14.0. The molecule has 10 heteroatoms. The van der Waals surface area contributed by atoms with Crippen molar-refractivity contribution in [2.24, 2.45) is 0 Å². The number of benzene rings is 3. The normalized spacial score (nSPS) is 12.7. The predicted molar refractivity (Wildman–Crippen MR) is 165 cm³/mol. The molecule has 8 nitrogen and oxygen atoms in total. The van der Waals surface area contributed by atoms with Crippen LogP contribution >= 0.6 is 15.9 Å². The van der Waals surface area contributed by atoms with Crippen LogP contribution in [-0.4, -0.2) is 50.4 Å². The molecule has 0 aliphatic heterocycles. The van der Waals surface area contributed by atoms with E-state index in [1.807, 2.05) is 52.0 Å². The summed E-state index contributed by atoms with van der Waals surface area (Å²) in [5.74, 6) is -0.262. The van der Waals surface area contributed by atoms with Crippen molar-refractivity contribution >= 4 is 43.5 Å². The summed E-state index contributed by atoms with van der Waals surface area (Å²) in [5, 5.41) is 2.94. The smallest absolute Gasteiger partial charge is 0.264 e. The number of ether oxygens (including phenoxy) is 1. The molecule has 220 valence electrons. The summed E-state index contributed by atoms with van der Waals surface area (Å²) in [6.45, 7) is 9.36. The van der Waals surface area contributed by atoms with Gasteiger partial charge in [0.2, 0.25) is 11.8 Å². The van der Waals surface area contributed by atoms with Crippen LogP contribution in [0, 0.1) is 6.92 Å². The SMILES string of the molecule is CCOc1ccc(S(=O)(=O)N(CC(=O)N(Cc2ccc(Br)cc2)[C@H](C)C(=O)N[C@H](C)CC)c2ccc(C)cc2)cc1. The second kappa shape index (κ2) is 14.5. The Morgan fingerprint density at radius 3 is 2.10 bits per heavy atom. The van der Waals surface area contributed by atoms with Crippen LogP contribution < -0.4 is 14.4 Å². The van der Waals surface area contributed by atoms with Crippen molar-refractivity contribution in [2.45, 2.75) is 64.6 Å². The lowest BCUT2D eigenvalue weighted by Gasteiger charge is -2.32. The fraction of sp³-hybridized carbons (Fsp3) is 0.355. The Morgan fingerprint density at radius 1 is 0.927 bits per heavy atom. The van der Waals surface area contributed by atoms with Gasteiger partial charge in [-0.3, -0.25) is 13.9 Å². The van der Waals surface area contributed by atoms with Gasteiger partial charge in [-0.25, -0.2) is 8.42 Å². The lowest BCUT2D eigenvalue weighted by Crippen LogP contribution is -2.52. The van der Waals surface area contributed by atoms with Crippen LogP contribution in [0.5, 0.6) is 5.75 Å². The number of carbonyl (C=O) groups is 2. The number of aryl methyl sites for hydroxylation is 1. The number of amides is 2. The van der Waals surface area contributed by atoms with Crippen LogP contribution in [0.1, 0.15) is 45.2 Å². The maximum Gasteiger partial charge on any atom is 0.264 e. The highest BCUT2D eigenvalue weighted by Crippen LogP contribution is 2.26. The zero-order valence-electron chi connectivity index (χ0n) is 24.1. The van der Waals surface area contributed by atoms with Gasteiger partial charge in [-0.1, -0.05) is 52.7 Å². The molecule has 0 saturated heterocycles. The Hall–Kier alpha value is -3.37. The van der Waals surface area contributed by atoms with Crippen molar-refractivity contribution < 1.29 is 22.7 Å². The molecule has 0 aliphatic carbocycles. The summed E-state index contributed by atoms with van der Waals surface area (Å²) in [6.07, 6.45) is 0.737. The lowest BCUT2D eigenvalue weighted by molar-refractivity contribution is -0.139. The van der Waals surface area contributed by atoms with E-state index in [4.69, 9.17) is 4.74 Å². The third kappa shape index (κ3) is 8.56. The highest BCUT2D eigenvalue weighted by Gasteiger charge is 2.32. The van der Waals surface area contributed by atoms with Gasteiger partial charge >= 0.3 is 0 Å². The predicted octanol–water partition coefficient (Wildman–Crippen LogP) is 5.68. The summed E-state index contributed by atoms with van der Waals surface area (Å²) in [5.41, 5.74) is 2.10. The van der Waals surface area contributed by atoms with E-state index in [9.17, 15) is 18.0 Å². The number of sulfonamides is 1. The van der Waals surface area contributed by atoms with Gasteiger partial charge in [0.15, 0.2) is 0 Å². The Morgan fingerprint density at radius 2 is 1.54 bits per heavy atom. The fourth-order valence-corrected chi connectivity index (χ4v) is 5.75. The fourth-order valence-electron chi connectivity index (χ4n) is 4.08. The van der Waals surface area contributed by atoms with Gasteiger partial charge in [-0.15, -0.1) is 0 Å². The van der Waals surface area contributed by atoms with Crippen molar-refractivity contribution in [3.8, 4) is 5.75 Å². The highest BCUT2D eigenvalue weighted by molar-refractivity contribution is 9.10. The first kappa shape index (κ1) is 32.1. The van der Waals surface area contributed by atoms with E-state index in [1.165, 1.54) is 17.0 Å². The molecule has 0 spiro atoms. The van der Waals surface area contributed by atoms with Gasteiger partial charge < -0.3 is 15.0 Å². The molecular weight excluding hydrogens is 606 g/mol. The van der Waals surface area contributed by atoms with Crippen molar-refractivity contribution in [1.82, 2.24) is 10.2 Å². The number of nitrogens with zero attached hydrogens (tertiary/aromatic N) is 2. The highest BCUT2D eigenvalue weighted by atomic mass is 79.9. The van der Waals surface area contributed by atoms with E-state index >= 15 is 0 Å². The molecule has 0 unspecified atom stereocenters. The van der Waals surface area contributed by atoms with Crippen molar-refractivity contribution in [3.63, 3.8) is 0 Å². The number of rotatable bonds is 13. The van der Waals surface area contributed by atoms with E-state index in [1.54, 1.807) is 43.3 Å². The van der Waals surface area contributed by atoms with E-state index in [0.29, 0.717) is 18.0 Å². The minimum absolute atomic E-state index is 0.0244. The molecule has 0 saturated carbocycles. The second-order valence-corrected chi connectivity index (χ2v) is 12.7. The van der Waals surface area contributed by atoms with E-state index in [2.05, 4.69) is 21.2 Å². The molecule has 41 heavy (non-hydrogen) atoms. The van der Waals surface area contributed by atoms with Gasteiger partial charge in [-0.05, 0) is 88.2 Å². The standard InChI is InChI=1S/C31H38BrN3O5S/c1-6-23(4)33-31(37)24(5)34(20-25-10-12-26(32)13-11-25)30(36)21-35(27-14-8-22(3)9-15-27)41(38,39)29-18-16-28(17-19-29)40-7-2/h8-19,23-24H,6-7,20-21H2,1-5H3,(H,33,37)/t23-,24-/m1/s1. The first-order valence-electron chi connectivity index (χ1n) is 13.6. The number of hydrogen-bond donors (Lipinski definition) is 1. The topological polar surface area (TPSA) is 96.0 Å². The molecule has 3 rings (SSSR count). The van der Waals surface area contributed by atoms with Crippen molar-refractivity contribution in [3.05, 3.63) is 88.4 Å². The van der Waals surface area contributed by atoms with Crippen molar-refractivity contribution in [2.75, 3.05) is 17.5 Å². The number of carbonyl (C=O) groups excluding carboxylic acids is 2. The average molecular weight is 645 g/mol. The van der Waals surface area contributed by atoms with E-state index in [0.717, 1.165) is 26.3 Å². The molecule has 3 aromatic rings. The molecule has 0 fully saturated rings. The molecule has 0 aromatic heterocycles. The van der Waals surface area contributed by atoms with E-state index < -0.39 is 28.5 Å². The molecule has 0 bridgehead atoms. The quantitative estimate of drug-likeness (QED) is 0.258. The molecule has 0 aliphatic rings. The Balaban J connectivity index is 2.01. The minimum Gasteiger partial charge on any atom is -0.494 e. The zero-order chi connectivity index (χ0) is 30.2. The van der Waals surface area contributed by atoms with Crippen LogP contribution in [0.3, 0.4) is 0 Å². The second-order valence-electron chi connectivity index (χ2n) is 9.89. The van der Waals surface area contributed by atoms with Gasteiger partial charge in [-0.2, -0.15) is 0 Å². The molecule has 2 atom stereocenters. The number of nitrogens with one attached hydrogen (secondary N) is 1. The largest absolute Gasteiger partial charge is 0.494 e. The molecule has 0 heterocycles. The number of halogens is 1. The van der Waals surface area contributed by atoms with Crippen LogP contribution in [0.25, 0.3) is 0 Å². The Bertz CT molecular complexity index is 1410. The van der Waals surface area contributed by atoms with Crippen LogP contribution in [0.2, 0.25) is 0 Å². The summed E-state index contributed by atoms with van der Waals surface area (Å²) in [7, 11) is -4.15. The van der Waals surface area contributed by atoms with E-state index in [-0.39, 0.29) is 23.4 Å². The lowest BCUT2D eigenvalue weighted by atomic mass is 10.1. The third-order valence-electron chi connectivity index (χ3n) is 6.76. The monoisotopic (exact) mass is 643 g/mol.